The quantitative estimate of drug-likeness (QED) is 0.313. The van der Waals surface area contributed by atoms with Crippen molar-refractivity contribution in [2.24, 2.45) is 0 Å². The predicted octanol–water partition coefficient (Wildman–Crippen LogP) is 6.70. The molecular formula is C28H26N2O3. The molecule has 0 fully saturated rings. The number of hydrogen-bond acceptors (Lipinski definition) is 5. The first-order valence-electron chi connectivity index (χ1n) is 10.8. The number of hydrogen-bond donors (Lipinski definition) is 0. The van der Waals surface area contributed by atoms with Crippen LogP contribution in [0.4, 0.5) is 0 Å². The minimum absolute atomic E-state index is 0.0809. The third-order valence-electron chi connectivity index (χ3n) is 5.38. The van der Waals surface area contributed by atoms with Crippen molar-refractivity contribution in [3.05, 3.63) is 102 Å². The van der Waals surface area contributed by atoms with Gasteiger partial charge in [-0.1, -0.05) is 69.8 Å². The summed E-state index contributed by atoms with van der Waals surface area (Å²) in [6, 6.07) is 22.8. The van der Waals surface area contributed by atoms with Crippen LogP contribution < -0.4 is 0 Å². The smallest absolute Gasteiger partial charge is 0.338 e. The molecule has 0 saturated heterocycles. The summed E-state index contributed by atoms with van der Waals surface area (Å²) in [7, 11) is 0. The second kappa shape index (κ2) is 9.25. The van der Waals surface area contributed by atoms with Crippen molar-refractivity contribution >= 4 is 12.0 Å². The molecule has 4 rings (SSSR count). The molecule has 166 valence electrons. The van der Waals surface area contributed by atoms with Gasteiger partial charge in [0.05, 0.1) is 5.56 Å². The Morgan fingerprint density at radius 3 is 1.94 bits per heavy atom. The van der Waals surface area contributed by atoms with Crippen LogP contribution in [0.5, 0.6) is 0 Å². The zero-order valence-corrected chi connectivity index (χ0v) is 19.0. The van der Waals surface area contributed by atoms with Crippen LogP contribution in [0.2, 0.25) is 0 Å². The number of ether oxygens (including phenoxy) is 1. The van der Waals surface area contributed by atoms with E-state index in [9.17, 15) is 4.79 Å². The summed E-state index contributed by atoms with van der Waals surface area (Å²) < 4.78 is 11.3. The van der Waals surface area contributed by atoms with Crippen molar-refractivity contribution in [3.63, 3.8) is 0 Å². The van der Waals surface area contributed by atoms with E-state index in [2.05, 4.69) is 49.7 Å². The molecule has 3 aromatic carbocycles. The Balaban J connectivity index is 1.41. The van der Waals surface area contributed by atoms with Crippen LogP contribution in [0, 0.1) is 0 Å². The summed E-state index contributed by atoms with van der Waals surface area (Å²) in [6.07, 6.45) is 1.77. The predicted molar refractivity (Wildman–Crippen MR) is 130 cm³/mol. The molecule has 4 aromatic rings. The van der Waals surface area contributed by atoms with E-state index in [-0.39, 0.29) is 18.0 Å². The lowest BCUT2D eigenvalue weighted by atomic mass is 9.87. The molecule has 0 spiro atoms. The van der Waals surface area contributed by atoms with Crippen molar-refractivity contribution in [1.29, 1.82) is 0 Å². The summed E-state index contributed by atoms with van der Waals surface area (Å²) in [5.41, 5.74) is 5.31. The van der Waals surface area contributed by atoms with E-state index in [1.165, 1.54) is 5.56 Å². The standard InChI is InChI=1S/C28H26N2O3/c1-5-19-6-8-20(9-7-19)18-32-27(31)23-12-10-21(11-13-23)25-29-30-26(33-25)22-14-16-24(17-15-22)28(2,3)4/h5-17H,1,18H2,2-4H3. The number of rotatable bonds is 6. The topological polar surface area (TPSA) is 65.2 Å². The maximum absolute atomic E-state index is 12.4. The molecule has 0 saturated carbocycles. The molecule has 1 aromatic heterocycles. The van der Waals surface area contributed by atoms with Crippen LogP contribution >= 0.6 is 0 Å². The molecule has 0 unspecified atom stereocenters. The van der Waals surface area contributed by atoms with Gasteiger partial charge in [-0.25, -0.2) is 4.79 Å². The molecule has 0 radical (unpaired) electrons. The van der Waals surface area contributed by atoms with Gasteiger partial charge in [0.15, 0.2) is 0 Å². The monoisotopic (exact) mass is 438 g/mol. The molecule has 0 bridgehead atoms. The summed E-state index contributed by atoms with van der Waals surface area (Å²) in [5, 5.41) is 8.33. The van der Waals surface area contributed by atoms with Crippen molar-refractivity contribution in [3.8, 4) is 22.9 Å². The fourth-order valence-electron chi connectivity index (χ4n) is 3.30. The minimum atomic E-state index is -0.389. The van der Waals surface area contributed by atoms with E-state index in [1.807, 2.05) is 36.4 Å². The average Bonchev–Trinajstić information content (AvgIpc) is 3.33. The molecule has 0 aliphatic rings. The minimum Gasteiger partial charge on any atom is -0.457 e. The van der Waals surface area contributed by atoms with Gasteiger partial charge in [0, 0.05) is 11.1 Å². The molecule has 0 amide bonds. The summed E-state index contributed by atoms with van der Waals surface area (Å²) in [6.45, 7) is 10.5. The first-order chi connectivity index (χ1) is 15.8. The largest absolute Gasteiger partial charge is 0.457 e. The van der Waals surface area contributed by atoms with Gasteiger partial charge in [-0.05, 0) is 58.5 Å². The summed E-state index contributed by atoms with van der Waals surface area (Å²) in [4.78, 5) is 12.4. The Morgan fingerprint density at radius 1 is 0.879 bits per heavy atom. The van der Waals surface area contributed by atoms with Gasteiger partial charge in [-0.3, -0.25) is 0 Å². The van der Waals surface area contributed by atoms with Crippen LogP contribution in [0.25, 0.3) is 29.0 Å². The maximum Gasteiger partial charge on any atom is 0.338 e. The third-order valence-corrected chi connectivity index (χ3v) is 5.38. The first kappa shape index (κ1) is 22.2. The van der Waals surface area contributed by atoms with E-state index in [0.717, 1.165) is 22.3 Å². The van der Waals surface area contributed by atoms with E-state index in [1.54, 1.807) is 30.3 Å². The fourth-order valence-corrected chi connectivity index (χ4v) is 3.30. The zero-order chi connectivity index (χ0) is 23.4. The second-order valence-corrected chi connectivity index (χ2v) is 8.84. The van der Waals surface area contributed by atoms with E-state index in [4.69, 9.17) is 9.15 Å². The Kier molecular flexibility index (Phi) is 6.22. The molecule has 5 heteroatoms. The lowest BCUT2D eigenvalue weighted by Gasteiger charge is -2.18. The number of aromatic nitrogens is 2. The lowest BCUT2D eigenvalue weighted by molar-refractivity contribution is 0.0472. The number of benzene rings is 3. The highest BCUT2D eigenvalue weighted by molar-refractivity contribution is 5.89. The first-order valence-corrected chi connectivity index (χ1v) is 10.8. The summed E-state index contributed by atoms with van der Waals surface area (Å²) >= 11 is 0. The highest BCUT2D eigenvalue weighted by Crippen LogP contribution is 2.27. The Bertz CT molecular complexity index is 1250. The zero-order valence-electron chi connectivity index (χ0n) is 19.0. The molecule has 1 heterocycles. The molecule has 0 atom stereocenters. The summed E-state index contributed by atoms with van der Waals surface area (Å²) in [5.74, 6) is 0.461. The molecule has 5 nitrogen and oxygen atoms in total. The SMILES string of the molecule is C=Cc1ccc(COC(=O)c2ccc(-c3nnc(-c4ccc(C(C)(C)C)cc4)o3)cc2)cc1. The molecular weight excluding hydrogens is 412 g/mol. The number of esters is 1. The Morgan fingerprint density at radius 2 is 1.42 bits per heavy atom. The highest BCUT2D eigenvalue weighted by atomic mass is 16.5. The number of carbonyl (C=O) groups is 1. The van der Waals surface area contributed by atoms with Crippen LogP contribution in [-0.4, -0.2) is 16.2 Å². The Hall–Kier alpha value is -3.99. The Labute approximate surface area is 193 Å². The van der Waals surface area contributed by atoms with E-state index in [0.29, 0.717) is 17.3 Å². The lowest BCUT2D eigenvalue weighted by Crippen LogP contribution is -2.10. The van der Waals surface area contributed by atoms with Crippen LogP contribution in [0.15, 0.2) is 83.8 Å². The van der Waals surface area contributed by atoms with Crippen LogP contribution in [0.3, 0.4) is 0 Å². The normalized spacial score (nSPS) is 11.2. The van der Waals surface area contributed by atoms with Crippen LogP contribution in [-0.2, 0) is 16.8 Å². The molecule has 33 heavy (non-hydrogen) atoms. The van der Waals surface area contributed by atoms with Gasteiger partial charge in [0.2, 0.25) is 11.8 Å². The number of nitrogens with zero attached hydrogens (tertiary/aromatic N) is 2. The van der Waals surface area contributed by atoms with Crippen molar-refractivity contribution in [1.82, 2.24) is 10.2 Å². The van der Waals surface area contributed by atoms with Gasteiger partial charge in [-0.2, -0.15) is 0 Å². The third kappa shape index (κ3) is 5.26. The van der Waals surface area contributed by atoms with Gasteiger partial charge < -0.3 is 9.15 Å². The second-order valence-electron chi connectivity index (χ2n) is 8.84. The average molecular weight is 439 g/mol. The van der Waals surface area contributed by atoms with Gasteiger partial charge in [-0.15, -0.1) is 10.2 Å². The number of carbonyl (C=O) groups excluding carboxylic acids is 1. The highest BCUT2D eigenvalue weighted by Gasteiger charge is 2.16. The van der Waals surface area contributed by atoms with Gasteiger partial charge in [0.25, 0.3) is 0 Å². The van der Waals surface area contributed by atoms with Gasteiger partial charge in [0.1, 0.15) is 6.61 Å². The van der Waals surface area contributed by atoms with E-state index < -0.39 is 0 Å². The molecule has 0 aliphatic heterocycles. The van der Waals surface area contributed by atoms with Crippen molar-refractivity contribution in [2.45, 2.75) is 32.8 Å². The molecule has 0 N–H and O–H groups in total. The fraction of sp³-hybridized carbons (Fsp3) is 0.179. The van der Waals surface area contributed by atoms with Crippen molar-refractivity contribution < 1.29 is 13.9 Å². The molecule has 0 aliphatic carbocycles. The van der Waals surface area contributed by atoms with Crippen LogP contribution in [0.1, 0.15) is 47.8 Å². The van der Waals surface area contributed by atoms with E-state index >= 15 is 0 Å². The van der Waals surface area contributed by atoms with Crippen molar-refractivity contribution in [2.75, 3.05) is 0 Å². The maximum atomic E-state index is 12.4. The van der Waals surface area contributed by atoms with Gasteiger partial charge >= 0.3 is 5.97 Å².